The van der Waals surface area contributed by atoms with Crippen molar-refractivity contribution in [2.75, 3.05) is 10.2 Å². The second-order valence-corrected chi connectivity index (χ2v) is 8.89. The zero-order valence-corrected chi connectivity index (χ0v) is 18.4. The van der Waals surface area contributed by atoms with Crippen molar-refractivity contribution in [3.05, 3.63) is 64.0 Å². The number of fused-ring (bicyclic) bond motifs is 1. The van der Waals surface area contributed by atoms with E-state index >= 15 is 0 Å². The van der Waals surface area contributed by atoms with Gasteiger partial charge in [0.1, 0.15) is 0 Å². The average Bonchev–Trinajstić information content (AvgIpc) is 3.14. The van der Waals surface area contributed by atoms with Gasteiger partial charge in [-0.15, -0.1) is 11.3 Å². The Morgan fingerprint density at radius 1 is 1.13 bits per heavy atom. The molecule has 4 rings (SSSR count). The fourth-order valence-corrected chi connectivity index (χ4v) is 4.76. The van der Waals surface area contributed by atoms with Gasteiger partial charge in [-0.1, -0.05) is 12.1 Å². The van der Waals surface area contributed by atoms with E-state index in [4.69, 9.17) is 0 Å². The van der Waals surface area contributed by atoms with E-state index in [2.05, 4.69) is 46.9 Å². The third-order valence-corrected chi connectivity index (χ3v) is 6.34. The fraction of sp³-hybridized carbons (Fsp3) is 0.292. The molecule has 0 bridgehead atoms. The van der Waals surface area contributed by atoms with Crippen molar-refractivity contribution in [1.29, 1.82) is 0 Å². The van der Waals surface area contributed by atoms with Gasteiger partial charge < -0.3 is 10.2 Å². The van der Waals surface area contributed by atoms with Gasteiger partial charge in [-0.2, -0.15) is 0 Å². The molecule has 30 heavy (non-hydrogen) atoms. The van der Waals surface area contributed by atoms with Gasteiger partial charge in [0.05, 0.1) is 16.7 Å². The molecule has 154 valence electrons. The molecule has 2 unspecified atom stereocenters. The maximum Gasteiger partial charge on any atom is 0.224 e. The standard InChI is InChI=1S/C24H25N3O2S/c1-14-11-22(21-12-19(15(2)28)7-10-24(21)27(14)17(4)29)26-20-8-5-18(6-9-20)23-13-30-16(3)25-23/h5-10,12-14,22,26H,11H2,1-4H3. The molecular formula is C24H25N3O2S. The van der Waals surface area contributed by atoms with Crippen LogP contribution >= 0.6 is 11.3 Å². The van der Waals surface area contributed by atoms with Crippen LogP contribution in [0.1, 0.15) is 54.2 Å². The number of ketones is 1. The molecule has 2 aromatic carbocycles. The Morgan fingerprint density at radius 2 is 1.87 bits per heavy atom. The molecule has 0 saturated carbocycles. The Hall–Kier alpha value is -2.99. The molecule has 0 radical (unpaired) electrons. The molecule has 0 saturated heterocycles. The van der Waals surface area contributed by atoms with Crippen LogP contribution in [-0.2, 0) is 4.79 Å². The maximum absolute atomic E-state index is 12.3. The zero-order chi connectivity index (χ0) is 21.4. The van der Waals surface area contributed by atoms with E-state index in [9.17, 15) is 9.59 Å². The van der Waals surface area contributed by atoms with Crippen molar-refractivity contribution in [2.24, 2.45) is 0 Å². The van der Waals surface area contributed by atoms with E-state index in [0.717, 1.165) is 39.6 Å². The van der Waals surface area contributed by atoms with Crippen LogP contribution in [0.5, 0.6) is 0 Å². The van der Waals surface area contributed by atoms with Gasteiger partial charge in [0.15, 0.2) is 5.78 Å². The number of hydrogen-bond acceptors (Lipinski definition) is 5. The highest BCUT2D eigenvalue weighted by atomic mass is 32.1. The monoisotopic (exact) mass is 419 g/mol. The molecule has 1 N–H and O–H groups in total. The number of hydrogen-bond donors (Lipinski definition) is 1. The second-order valence-electron chi connectivity index (χ2n) is 7.83. The normalized spacial score (nSPS) is 18.1. The minimum atomic E-state index is 0.0114. The van der Waals surface area contributed by atoms with Gasteiger partial charge >= 0.3 is 0 Å². The van der Waals surface area contributed by atoms with Crippen molar-refractivity contribution >= 4 is 34.4 Å². The highest BCUT2D eigenvalue weighted by molar-refractivity contribution is 7.09. The van der Waals surface area contributed by atoms with E-state index in [1.54, 1.807) is 31.3 Å². The smallest absolute Gasteiger partial charge is 0.224 e. The number of nitrogens with one attached hydrogen (secondary N) is 1. The third kappa shape index (κ3) is 3.87. The summed E-state index contributed by atoms with van der Waals surface area (Å²) in [6.45, 7) is 7.22. The Balaban J connectivity index is 1.65. The SMILES string of the molecule is CC(=O)c1ccc2c(c1)C(Nc1ccc(-c3csc(C)n3)cc1)CC(C)N2C(C)=O. The number of thiazole rings is 1. The predicted octanol–water partition coefficient (Wildman–Crippen LogP) is 5.62. The number of rotatable bonds is 4. The number of aryl methyl sites for hydroxylation is 1. The lowest BCUT2D eigenvalue weighted by atomic mass is 9.89. The summed E-state index contributed by atoms with van der Waals surface area (Å²) in [6, 6.07) is 13.9. The second kappa shape index (κ2) is 8.03. The van der Waals surface area contributed by atoms with Crippen LogP contribution in [0, 0.1) is 6.92 Å². The Morgan fingerprint density at radius 3 is 2.47 bits per heavy atom. The highest BCUT2D eigenvalue weighted by Gasteiger charge is 2.32. The summed E-state index contributed by atoms with van der Waals surface area (Å²) >= 11 is 1.64. The third-order valence-electron chi connectivity index (χ3n) is 5.57. The largest absolute Gasteiger partial charge is 0.378 e. The van der Waals surface area contributed by atoms with E-state index in [-0.39, 0.29) is 23.8 Å². The number of anilines is 2. The molecule has 0 spiro atoms. The van der Waals surface area contributed by atoms with Crippen molar-refractivity contribution in [2.45, 2.75) is 46.2 Å². The molecule has 0 aliphatic carbocycles. The number of aromatic nitrogens is 1. The minimum Gasteiger partial charge on any atom is -0.378 e. The van der Waals surface area contributed by atoms with Crippen molar-refractivity contribution in [1.82, 2.24) is 4.98 Å². The van der Waals surface area contributed by atoms with Gasteiger partial charge in [0.2, 0.25) is 5.91 Å². The predicted molar refractivity (Wildman–Crippen MR) is 122 cm³/mol. The molecule has 1 aromatic heterocycles. The van der Waals surface area contributed by atoms with Crippen molar-refractivity contribution < 1.29 is 9.59 Å². The van der Waals surface area contributed by atoms with Crippen LogP contribution in [0.4, 0.5) is 11.4 Å². The summed E-state index contributed by atoms with van der Waals surface area (Å²) in [7, 11) is 0. The first-order valence-corrected chi connectivity index (χ1v) is 10.9. The van der Waals surface area contributed by atoms with Gasteiger partial charge in [0, 0.05) is 40.8 Å². The number of nitrogens with zero attached hydrogens (tertiary/aromatic N) is 2. The van der Waals surface area contributed by atoms with Gasteiger partial charge in [-0.05, 0) is 63.1 Å². The average molecular weight is 420 g/mol. The summed E-state index contributed by atoms with van der Waals surface area (Å²) < 4.78 is 0. The van der Waals surface area contributed by atoms with Crippen LogP contribution in [0.15, 0.2) is 47.8 Å². The molecule has 1 aliphatic rings. The quantitative estimate of drug-likeness (QED) is 0.558. The van der Waals surface area contributed by atoms with Crippen LogP contribution in [0.25, 0.3) is 11.3 Å². The van der Waals surface area contributed by atoms with Crippen LogP contribution in [0.3, 0.4) is 0 Å². The number of carbonyl (C=O) groups is 2. The minimum absolute atomic E-state index is 0.0114. The fourth-order valence-electron chi connectivity index (χ4n) is 4.13. The molecule has 5 nitrogen and oxygen atoms in total. The molecule has 3 aromatic rings. The lowest BCUT2D eigenvalue weighted by Gasteiger charge is -2.39. The lowest BCUT2D eigenvalue weighted by molar-refractivity contribution is -0.117. The van der Waals surface area contributed by atoms with Crippen LogP contribution in [0.2, 0.25) is 0 Å². The van der Waals surface area contributed by atoms with Gasteiger partial charge in [-0.25, -0.2) is 4.98 Å². The topological polar surface area (TPSA) is 62.3 Å². The van der Waals surface area contributed by atoms with E-state index in [1.165, 1.54) is 0 Å². The summed E-state index contributed by atoms with van der Waals surface area (Å²) in [4.78, 5) is 30.6. The highest BCUT2D eigenvalue weighted by Crippen LogP contribution is 2.40. The van der Waals surface area contributed by atoms with Crippen LogP contribution in [-0.4, -0.2) is 22.7 Å². The number of Topliss-reactive ketones (excluding diaryl/α,β-unsaturated/α-hetero) is 1. The first kappa shape index (κ1) is 20.3. The van der Waals surface area contributed by atoms with Crippen molar-refractivity contribution in [3.63, 3.8) is 0 Å². The Bertz CT molecular complexity index is 1100. The first-order chi connectivity index (χ1) is 14.3. The molecule has 1 aliphatic heterocycles. The van der Waals surface area contributed by atoms with Gasteiger partial charge in [0.25, 0.3) is 0 Å². The molecular weight excluding hydrogens is 394 g/mol. The van der Waals surface area contributed by atoms with E-state index < -0.39 is 0 Å². The summed E-state index contributed by atoms with van der Waals surface area (Å²) in [5.74, 6) is 0.0353. The number of benzene rings is 2. The molecule has 6 heteroatoms. The summed E-state index contributed by atoms with van der Waals surface area (Å²) in [5, 5.41) is 6.73. The number of carbonyl (C=O) groups excluding carboxylic acids is 2. The molecule has 2 atom stereocenters. The molecule has 0 fully saturated rings. The van der Waals surface area contributed by atoms with Crippen molar-refractivity contribution in [3.8, 4) is 11.3 Å². The van der Waals surface area contributed by atoms with E-state index in [0.29, 0.717) is 5.56 Å². The van der Waals surface area contributed by atoms with E-state index in [1.807, 2.05) is 24.0 Å². The number of amides is 1. The molecule has 1 amide bonds. The molecule has 2 heterocycles. The van der Waals surface area contributed by atoms with Crippen LogP contribution < -0.4 is 10.2 Å². The summed E-state index contributed by atoms with van der Waals surface area (Å²) in [6.07, 6.45) is 0.765. The summed E-state index contributed by atoms with van der Waals surface area (Å²) in [5.41, 5.74) is 5.59. The first-order valence-electron chi connectivity index (χ1n) is 10.1. The van der Waals surface area contributed by atoms with Gasteiger partial charge in [-0.3, -0.25) is 9.59 Å². The zero-order valence-electron chi connectivity index (χ0n) is 17.6. The maximum atomic E-state index is 12.3. The Kier molecular flexibility index (Phi) is 5.43. The Labute approximate surface area is 180 Å². The lowest BCUT2D eigenvalue weighted by Crippen LogP contribution is -2.43.